The fourth-order valence-corrected chi connectivity index (χ4v) is 1.82. The van der Waals surface area contributed by atoms with Gasteiger partial charge in [0.1, 0.15) is 0 Å². The molecule has 3 heteroatoms. The van der Waals surface area contributed by atoms with E-state index in [2.05, 4.69) is 51.6 Å². The fourth-order valence-electron chi connectivity index (χ4n) is 0.903. The van der Waals surface area contributed by atoms with Crippen LogP contribution in [0, 0.1) is 0 Å². The van der Waals surface area contributed by atoms with Gasteiger partial charge in [0.2, 0.25) is 0 Å². The molecule has 0 aliphatic rings. The molecule has 0 saturated heterocycles. The van der Waals surface area contributed by atoms with E-state index in [-0.39, 0.29) is 0 Å². The normalized spacial score (nSPS) is 12.8. The van der Waals surface area contributed by atoms with Crippen molar-refractivity contribution in [2.24, 2.45) is 0 Å². The zero-order valence-corrected chi connectivity index (χ0v) is 9.41. The molecule has 0 fully saturated rings. The molecule has 0 amide bonds. The summed E-state index contributed by atoms with van der Waals surface area (Å²) in [5, 5.41) is 7.60. The zero-order chi connectivity index (χ0) is 8.97. The van der Waals surface area contributed by atoms with Gasteiger partial charge in [-0.1, -0.05) is 22.5 Å². The predicted octanol–water partition coefficient (Wildman–Crippen LogP) is 3.31. The van der Waals surface area contributed by atoms with Crippen LogP contribution < -0.4 is 5.32 Å². The summed E-state index contributed by atoms with van der Waals surface area (Å²) in [7, 11) is 0. The molecular formula is C9H12BrNS. The van der Waals surface area contributed by atoms with Gasteiger partial charge in [-0.2, -0.15) is 11.3 Å². The Labute approximate surface area is 85.6 Å². The Kier molecular flexibility index (Phi) is 3.98. The van der Waals surface area contributed by atoms with Crippen LogP contribution in [0.5, 0.6) is 0 Å². The van der Waals surface area contributed by atoms with Gasteiger partial charge in [0.05, 0.1) is 0 Å². The largest absolute Gasteiger partial charge is 0.306 e. The Balaban J connectivity index is 2.39. The van der Waals surface area contributed by atoms with Crippen molar-refractivity contribution in [2.45, 2.75) is 13.0 Å². The van der Waals surface area contributed by atoms with Crippen molar-refractivity contribution in [2.75, 3.05) is 6.54 Å². The molecule has 0 aliphatic heterocycles. The van der Waals surface area contributed by atoms with E-state index in [0.29, 0.717) is 6.04 Å². The molecular weight excluding hydrogens is 234 g/mol. The van der Waals surface area contributed by atoms with Crippen molar-refractivity contribution < 1.29 is 0 Å². The third-order valence-corrected chi connectivity index (χ3v) is 2.63. The van der Waals surface area contributed by atoms with E-state index in [1.807, 2.05) is 0 Å². The molecule has 0 saturated carbocycles. The maximum absolute atomic E-state index is 3.77. The van der Waals surface area contributed by atoms with E-state index >= 15 is 0 Å². The number of halogens is 1. The highest BCUT2D eigenvalue weighted by Crippen LogP contribution is 2.15. The first kappa shape index (κ1) is 9.96. The van der Waals surface area contributed by atoms with Gasteiger partial charge in [0.15, 0.2) is 0 Å². The molecule has 0 bridgehead atoms. The Bertz CT molecular complexity index is 243. The molecule has 1 rings (SSSR count). The second kappa shape index (κ2) is 4.80. The molecule has 1 aromatic heterocycles. The van der Waals surface area contributed by atoms with Crippen LogP contribution in [0.25, 0.3) is 0 Å². The molecule has 0 spiro atoms. The molecule has 1 aromatic rings. The van der Waals surface area contributed by atoms with Crippen LogP contribution >= 0.6 is 27.3 Å². The molecule has 1 unspecified atom stereocenters. The van der Waals surface area contributed by atoms with Gasteiger partial charge in [-0.15, -0.1) is 0 Å². The van der Waals surface area contributed by atoms with E-state index < -0.39 is 0 Å². The Morgan fingerprint density at radius 3 is 3.08 bits per heavy atom. The summed E-state index contributed by atoms with van der Waals surface area (Å²) in [6, 6.07) is 2.55. The lowest BCUT2D eigenvalue weighted by molar-refractivity contribution is 0.618. The Morgan fingerprint density at radius 2 is 2.58 bits per heavy atom. The first-order chi connectivity index (χ1) is 5.70. The van der Waals surface area contributed by atoms with Crippen LogP contribution in [0.4, 0.5) is 0 Å². The molecule has 1 atom stereocenters. The van der Waals surface area contributed by atoms with Crippen molar-refractivity contribution in [3.63, 3.8) is 0 Å². The molecule has 0 radical (unpaired) electrons. The molecule has 0 aromatic carbocycles. The second-order valence-corrected chi connectivity index (χ2v) is 4.58. The van der Waals surface area contributed by atoms with Crippen LogP contribution in [0.15, 0.2) is 27.9 Å². The molecule has 12 heavy (non-hydrogen) atoms. The fraction of sp³-hybridized carbons (Fsp3) is 0.333. The van der Waals surface area contributed by atoms with E-state index in [1.165, 1.54) is 5.56 Å². The standard InChI is InChI=1S/C9H12BrNS/c1-7(10)5-11-8(2)9-3-4-12-6-9/h3-4,6,8,11H,1,5H2,2H3. The van der Waals surface area contributed by atoms with Gasteiger partial charge in [-0.25, -0.2) is 0 Å². The number of thiophene rings is 1. The molecule has 1 heterocycles. The van der Waals surface area contributed by atoms with Crippen molar-refractivity contribution >= 4 is 27.3 Å². The first-order valence-electron chi connectivity index (χ1n) is 3.79. The predicted molar refractivity (Wildman–Crippen MR) is 58.8 cm³/mol. The lowest BCUT2D eigenvalue weighted by Crippen LogP contribution is -2.19. The van der Waals surface area contributed by atoms with E-state index in [4.69, 9.17) is 0 Å². The van der Waals surface area contributed by atoms with Crippen molar-refractivity contribution in [3.8, 4) is 0 Å². The molecule has 66 valence electrons. The highest BCUT2D eigenvalue weighted by atomic mass is 79.9. The van der Waals surface area contributed by atoms with Crippen LogP contribution in [0.1, 0.15) is 18.5 Å². The maximum atomic E-state index is 3.77. The number of hydrogen-bond donors (Lipinski definition) is 1. The SMILES string of the molecule is C=C(Br)CNC(C)c1ccsc1. The summed E-state index contributed by atoms with van der Waals surface area (Å²) in [5.41, 5.74) is 1.34. The van der Waals surface area contributed by atoms with Crippen molar-refractivity contribution in [1.82, 2.24) is 5.32 Å². The zero-order valence-electron chi connectivity index (χ0n) is 7.01. The number of rotatable bonds is 4. The van der Waals surface area contributed by atoms with Crippen LogP contribution in [0.3, 0.4) is 0 Å². The van der Waals surface area contributed by atoms with Gasteiger partial charge in [-0.3, -0.25) is 0 Å². The minimum absolute atomic E-state index is 0.408. The van der Waals surface area contributed by atoms with Gasteiger partial charge < -0.3 is 5.32 Å². The second-order valence-electron chi connectivity index (χ2n) is 2.68. The van der Waals surface area contributed by atoms with E-state index in [1.54, 1.807) is 11.3 Å². The monoisotopic (exact) mass is 245 g/mol. The third-order valence-electron chi connectivity index (χ3n) is 1.64. The molecule has 1 N–H and O–H groups in total. The van der Waals surface area contributed by atoms with E-state index in [9.17, 15) is 0 Å². The van der Waals surface area contributed by atoms with Gasteiger partial charge in [-0.05, 0) is 29.3 Å². The highest BCUT2D eigenvalue weighted by molar-refractivity contribution is 9.11. The summed E-state index contributed by atoms with van der Waals surface area (Å²) in [5.74, 6) is 0. The van der Waals surface area contributed by atoms with Crippen molar-refractivity contribution in [1.29, 1.82) is 0 Å². The number of hydrogen-bond acceptors (Lipinski definition) is 2. The summed E-state index contributed by atoms with van der Waals surface area (Å²) >= 11 is 5.04. The number of nitrogens with one attached hydrogen (secondary N) is 1. The minimum atomic E-state index is 0.408. The van der Waals surface area contributed by atoms with Crippen LogP contribution in [-0.2, 0) is 0 Å². The summed E-state index contributed by atoms with van der Waals surface area (Å²) < 4.78 is 0.990. The highest BCUT2D eigenvalue weighted by Gasteiger charge is 2.03. The summed E-state index contributed by atoms with van der Waals surface area (Å²) in [4.78, 5) is 0. The Morgan fingerprint density at radius 1 is 1.83 bits per heavy atom. The van der Waals surface area contributed by atoms with E-state index in [0.717, 1.165) is 11.0 Å². The quantitative estimate of drug-likeness (QED) is 0.859. The average Bonchev–Trinajstić information content (AvgIpc) is 2.51. The first-order valence-corrected chi connectivity index (χ1v) is 5.52. The van der Waals surface area contributed by atoms with Crippen molar-refractivity contribution in [3.05, 3.63) is 33.5 Å². The Hall–Kier alpha value is -0.120. The van der Waals surface area contributed by atoms with Crippen LogP contribution in [-0.4, -0.2) is 6.54 Å². The summed E-state index contributed by atoms with van der Waals surface area (Å²) in [6.07, 6.45) is 0. The third kappa shape index (κ3) is 3.09. The van der Waals surface area contributed by atoms with Crippen LogP contribution in [0.2, 0.25) is 0 Å². The topological polar surface area (TPSA) is 12.0 Å². The van der Waals surface area contributed by atoms with Gasteiger partial charge in [0, 0.05) is 17.1 Å². The van der Waals surface area contributed by atoms with Gasteiger partial charge in [0.25, 0.3) is 0 Å². The lowest BCUT2D eigenvalue weighted by atomic mass is 10.2. The lowest BCUT2D eigenvalue weighted by Gasteiger charge is -2.11. The molecule has 1 nitrogen and oxygen atoms in total. The van der Waals surface area contributed by atoms with Gasteiger partial charge >= 0.3 is 0 Å². The maximum Gasteiger partial charge on any atom is 0.0303 e. The average molecular weight is 246 g/mol. The summed E-state index contributed by atoms with van der Waals surface area (Å²) in [6.45, 7) is 6.73. The minimum Gasteiger partial charge on any atom is -0.306 e. The smallest absolute Gasteiger partial charge is 0.0303 e. The molecule has 0 aliphatic carbocycles.